The summed E-state index contributed by atoms with van der Waals surface area (Å²) >= 11 is 3.13. The van der Waals surface area contributed by atoms with Crippen LogP contribution in [0.15, 0.2) is 47.4 Å². The van der Waals surface area contributed by atoms with Gasteiger partial charge in [-0.15, -0.1) is 11.8 Å². The van der Waals surface area contributed by atoms with E-state index in [4.69, 9.17) is 9.47 Å². The molecule has 28 heavy (non-hydrogen) atoms. The maximum Gasteiger partial charge on any atom is 0.258 e. The van der Waals surface area contributed by atoms with E-state index in [-0.39, 0.29) is 12.0 Å². The number of benzene rings is 2. The Labute approximate surface area is 172 Å². The Bertz CT molecular complexity index is 967. The molecule has 3 aromatic rings. The van der Waals surface area contributed by atoms with Crippen LogP contribution >= 0.6 is 23.1 Å². The highest BCUT2D eigenvalue weighted by atomic mass is 32.2. The second-order valence-electron chi connectivity index (χ2n) is 6.48. The number of thioether (sulfide) groups is 1. The summed E-state index contributed by atoms with van der Waals surface area (Å²) in [6.45, 7) is 3.42. The number of amides is 1. The van der Waals surface area contributed by atoms with Gasteiger partial charge in [0.15, 0.2) is 5.13 Å². The quantitative estimate of drug-likeness (QED) is 0.537. The Morgan fingerprint density at radius 3 is 3.07 bits per heavy atom. The van der Waals surface area contributed by atoms with Crippen LogP contribution < -0.4 is 10.1 Å². The van der Waals surface area contributed by atoms with Crippen molar-refractivity contribution in [3.63, 3.8) is 0 Å². The summed E-state index contributed by atoms with van der Waals surface area (Å²) in [4.78, 5) is 18.4. The predicted molar refractivity (Wildman–Crippen MR) is 115 cm³/mol. The molecule has 0 radical (unpaired) electrons. The Hall–Kier alpha value is -2.09. The van der Waals surface area contributed by atoms with Gasteiger partial charge in [-0.2, -0.15) is 0 Å². The monoisotopic (exact) mass is 414 g/mol. The summed E-state index contributed by atoms with van der Waals surface area (Å²) in [5.74, 6) is 1.54. The van der Waals surface area contributed by atoms with Gasteiger partial charge >= 0.3 is 0 Å². The molecule has 146 valence electrons. The molecule has 0 spiro atoms. The van der Waals surface area contributed by atoms with Crippen molar-refractivity contribution in [1.82, 2.24) is 4.98 Å². The van der Waals surface area contributed by atoms with Crippen molar-refractivity contribution in [2.45, 2.75) is 30.8 Å². The fourth-order valence-electron chi connectivity index (χ4n) is 3.12. The van der Waals surface area contributed by atoms with Gasteiger partial charge in [-0.3, -0.25) is 10.1 Å². The molecule has 1 aliphatic heterocycles. The minimum atomic E-state index is -0.139. The summed E-state index contributed by atoms with van der Waals surface area (Å²) in [5.41, 5.74) is 1.52. The number of carbonyl (C=O) groups is 1. The van der Waals surface area contributed by atoms with Gasteiger partial charge in [0.05, 0.1) is 28.5 Å². The number of ether oxygens (including phenoxy) is 2. The van der Waals surface area contributed by atoms with E-state index in [0.29, 0.717) is 17.3 Å². The normalized spacial score (nSPS) is 16.4. The van der Waals surface area contributed by atoms with Crippen LogP contribution in [-0.2, 0) is 4.74 Å². The maximum absolute atomic E-state index is 12.9. The third-order valence-corrected chi connectivity index (χ3v) is 6.61. The zero-order valence-electron chi connectivity index (χ0n) is 15.6. The van der Waals surface area contributed by atoms with Gasteiger partial charge < -0.3 is 9.47 Å². The average Bonchev–Trinajstić information content (AvgIpc) is 3.35. The lowest BCUT2D eigenvalue weighted by atomic mass is 10.2. The number of carbonyl (C=O) groups excluding carboxylic acids is 1. The van der Waals surface area contributed by atoms with Gasteiger partial charge in [0.25, 0.3) is 5.91 Å². The Balaban J connectivity index is 1.48. The third-order valence-electron chi connectivity index (χ3n) is 4.47. The molecule has 0 unspecified atom stereocenters. The fourth-order valence-corrected chi connectivity index (χ4v) is 5.13. The van der Waals surface area contributed by atoms with E-state index in [9.17, 15) is 4.79 Å². The zero-order chi connectivity index (χ0) is 19.3. The van der Waals surface area contributed by atoms with Crippen molar-refractivity contribution in [3.8, 4) is 5.75 Å². The number of aromatic nitrogens is 1. The van der Waals surface area contributed by atoms with Crippen LogP contribution in [0, 0.1) is 0 Å². The number of thiazole rings is 1. The predicted octanol–water partition coefficient (Wildman–Crippen LogP) is 5.22. The van der Waals surface area contributed by atoms with E-state index in [1.807, 2.05) is 49.4 Å². The van der Waals surface area contributed by atoms with Crippen molar-refractivity contribution in [2.24, 2.45) is 0 Å². The Kier molecular flexibility index (Phi) is 6.14. The molecule has 4 rings (SSSR count). The Morgan fingerprint density at radius 1 is 1.36 bits per heavy atom. The van der Waals surface area contributed by atoms with Gasteiger partial charge in [0.1, 0.15) is 5.75 Å². The van der Waals surface area contributed by atoms with Crippen molar-refractivity contribution < 1.29 is 14.3 Å². The topological polar surface area (TPSA) is 60.5 Å². The molecule has 1 saturated heterocycles. The van der Waals surface area contributed by atoms with E-state index in [1.165, 1.54) is 11.3 Å². The first-order valence-electron chi connectivity index (χ1n) is 9.41. The van der Waals surface area contributed by atoms with Crippen LogP contribution in [0.25, 0.3) is 10.2 Å². The molecular formula is C21H22N2O3S2. The highest BCUT2D eigenvalue weighted by Crippen LogP contribution is 2.31. The van der Waals surface area contributed by atoms with Gasteiger partial charge in [0, 0.05) is 17.3 Å². The summed E-state index contributed by atoms with van der Waals surface area (Å²) in [6, 6.07) is 13.5. The number of nitrogens with zero attached hydrogens (tertiary/aromatic N) is 1. The third kappa shape index (κ3) is 4.48. The zero-order valence-corrected chi connectivity index (χ0v) is 17.3. The Morgan fingerprint density at radius 2 is 2.25 bits per heavy atom. The molecule has 0 aliphatic carbocycles. The molecule has 1 fully saturated rings. The van der Waals surface area contributed by atoms with E-state index < -0.39 is 0 Å². The standard InChI is InChI=1S/C21H22N2O3S2/c1-2-25-14-9-10-17-19(12-14)28-21(22-17)23-20(24)16-7-3-4-8-18(16)27-13-15-6-5-11-26-15/h3-4,7-10,12,15H,2,5-6,11,13H2,1H3,(H,22,23,24)/t15-/m0/s1. The largest absolute Gasteiger partial charge is 0.494 e. The summed E-state index contributed by atoms with van der Waals surface area (Å²) in [5, 5.41) is 3.54. The SMILES string of the molecule is CCOc1ccc2nc(NC(=O)c3ccccc3SC[C@@H]3CCCO3)sc2c1. The molecule has 7 heteroatoms. The summed E-state index contributed by atoms with van der Waals surface area (Å²) in [6.07, 6.45) is 2.50. The first kappa shape index (κ1) is 19.2. The molecular weight excluding hydrogens is 392 g/mol. The lowest BCUT2D eigenvalue weighted by Crippen LogP contribution is -2.14. The molecule has 1 N–H and O–H groups in total. The number of hydrogen-bond donors (Lipinski definition) is 1. The average molecular weight is 415 g/mol. The summed E-state index contributed by atoms with van der Waals surface area (Å²) in [7, 11) is 0. The van der Waals surface area contributed by atoms with Crippen LogP contribution in [0.4, 0.5) is 5.13 Å². The molecule has 1 aliphatic rings. The number of fused-ring (bicyclic) bond motifs is 1. The van der Waals surface area contributed by atoms with Crippen LogP contribution in [0.5, 0.6) is 5.75 Å². The van der Waals surface area contributed by atoms with Gasteiger partial charge in [-0.1, -0.05) is 23.5 Å². The van der Waals surface area contributed by atoms with E-state index in [1.54, 1.807) is 11.8 Å². The van der Waals surface area contributed by atoms with E-state index >= 15 is 0 Å². The van der Waals surface area contributed by atoms with Crippen LogP contribution in [0.3, 0.4) is 0 Å². The minimum absolute atomic E-state index is 0.139. The van der Waals surface area contributed by atoms with Crippen molar-refractivity contribution in [1.29, 1.82) is 0 Å². The van der Waals surface area contributed by atoms with Crippen LogP contribution in [-0.4, -0.2) is 36.0 Å². The van der Waals surface area contributed by atoms with Crippen LogP contribution in [0.2, 0.25) is 0 Å². The molecule has 2 aromatic carbocycles. The molecule has 2 heterocycles. The van der Waals surface area contributed by atoms with Crippen molar-refractivity contribution >= 4 is 44.4 Å². The number of anilines is 1. The van der Waals surface area contributed by atoms with Crippen molar-refractivity contribution in [2.75, 3.05) is 24.3 Å². The smallest absolute Gasteiger partial charge is 0.258 e. The van der Waals surface area contributed by atoms with E-state index in [0.717, 1.165) is 46.1 Å². The number of hydrogen-bond acceptors (Lipinski definition) is 6. The van der Waals surface area contributed by atoms with Crippen LogP contribution in [0.1, 0.15) is 30.1 Å². The molecule has 1 amide bonds. The second kappa shape index (κ2) is 8.94. The molecule has 0 saturated carbocycles. The first-order chi connectivity index (χ1) is 13.7. The molecule has 1 aromatic heterocycles. The van der Waals surface area contributed by atoms with E-state index in [2.05, 4.69) is 10.3 Å². The van der Waals surface area contributed by atoms with Gasteiger partial charge in [0.2, 0.25) is 0 Å². The summed E-state index contributed by atoms with van der Waals surface area (Å²) < 4.78 is 12.2. The number of rotatable bonds is 7. The van der Waals surface area contributed by atoms with Gasteiger partial charge in [-0.05, 0) is 50.1 Å². The maximum atomic E-state index is 12.9. The lowest BCUT2D eigenvalue weighted by Gasteiger charge is -2.11. The fraction of sp³-hybridized carbons (Fsp3) is 0.333. The molecule has 5 nitrogen and oxygen atoms in total. The first-order valence-corrected chi connectivity index (χ1v) is 11.2. The number of nitrogens with one attached hydrogen (secondary N) is 1. The lowest BCUT2D eigenvalue weighted by molar-refractivity contribution is 0.102. The highest BCUT2D eigenvalue weighted by molar-refractivity contribution is 7.99. The molecule has 1 atom stereocenters. The van der Waals surface area contributed by atoms with Gasteiger partial charge in [-0.25, -0.2) is 4.98 Å². The van der Waals surface area contributed by atoms with Crippen molar-refractivity contribution in [3.05, 3.63) is 48.0 Å². The molecule has 0 bridgehead atoms. The highest BCUT2D eigenvalue weighted by Gasteiger charge is 2.18. The minimum Gasteiger partial charge on any atom is -0.494 e. The second-order valence-corrected chi connectivity index (χ2v) is 8.57.